The van der Waals surface area contributed by atoms with E-state index in [1.807, 2.05) is 6.07 Å². The zero-order valence-corrected chi connectivity index (χ0v) is 19.1. The van der Waals surface area contributed by atoms with E-state index in [2.05, 4.69) is 22.0 Å². The van der Waals surface area contributed by atoms with Gasteiger partial charge in [0.25, 0.3) is 5.91 Å². The summed E-state index contributed by atoms with van der Waals surface area (Å²) in [5.74, 6) is 1.90. The zero-order valence-electron chi connectivity index (χ0n) is 19.1. The van der Waals surface area contributed by atoms with Crippen molar-refractivity contribution in [2.24, 2.45) is 0 Å². The second kappa shape index (κ2) is 8.85. The SMILES string of the molecule is CC12CC(=O)N(c3c(F)cc(C#Cc4ccccc4)cc3F)C(=O)N1CCN(c1ccnnc1)C2=O. The molecule has 2 aliphatic heterocycles. The van der Waals surface area contributed by atoms with Crippen LogP contribution in [0.5, 0.6) is 0 Å². The first-order valence-corrected chi connectivity index (χ1v) is 11.1. The molecule has 5 rings (SSSR count). The average molecular weight is 487 g/mol. The number of fused-ring (bicyclic) bond motifs is 1. The molecule has 1 atom stereocenters. The van der Waals surface area contributed by atoms with Gasteiger partial charge in [0, 0.05) is 24.2 Å². The fourth-order valence-corrected chi connectivity index (χ4v) is 4.46. The van der Waals surface area contributed by atoms with Crippen LogP contribution in [-0.4, -0.2) is 51.6 Å². The first-order valence-electron chi connectivity index (χ1n) is 11.1. The molecule has 2 saturated heterocycles. The fourth-order valence-electron chi connectivity index (χ4n) is 4.46. The van der Waals surface area contributed by atoms with Gasteiger partial charge in [0.1, 0.15) is 11.2 Å². The van der Waals surface area contributed by atoms with Crippen LogP contribution in [0.25, 0.3) is 0 Å². The molecule has 2 fully saturated rings. The number of urea groups is 1. The highest BCUT2D eigenvalue weighted by molar-refractivity contribution is 6.20. The Kier molecular flexibility index (Phi) is 5.68. The summed E-state index contributed by atoms with van der Waals surface area (Å²) in [4.78, 5) is 42.8. The normalized spacial score (nSPS) is 19.6. The molecule has 1 aromatic heterocycles. The molecular weight excluding hydrogens is 468 g/mol. The number of rotatable bonds is 2. The molecule has 3 aromatic rings. The van der Waals surface area contributed by atoms with Crippen LogP contribution >= 0.6 is 0 Å². The second-order valence-electron chi connectivity index (χ2n) is 8.58. The molecule has 10 heteroatoms. The van der Waals surface area contributed by atoms with Crippen LogP contribution in [0, 0.1) is 23.5 Å². The van der Waals surface area contributed by atoms with Gasteiger partial charge < -0.3 is 9.80 Å². The van der Waals surface area contributed by atoms with Crippen LogP contribution in [0.4, 0.5) is 25.0 Å². The minimum absolute atomic E-state index is 0.0501. The van der Waals surface area contributed by atoms with E-state index < -0.39 is 47.1 Å². The highest BCUT2D eigenvalue weighted by Gasteiger charge is 2.56. The number of aromatic nitrogens is 2. The topological polar surface area (TPSA) is 86.7 Å². The summed E-state index contributed by atoms with van der Waals surface area (Å²) in [6, 6.07) is 11.5. The third kappa shape index (κ3) is 3.84. The van der Waals surface area contributed by atoms with Gasteiger partial charge in [-0.2, -0.15) is 10.2 Å². The second-order valence-corrected chi connectivity index (χ2v) is 8.58. The molecule has 8 nitrogen and oxygen atoms in total. The standard InChI is InChI=1S/C26H19F2N5O3/c1-26-15-22(34)33(25(36)32(26)12-11-31(24(26)35)19-9-10-29-30-16-19)23-20(27)13-18(14-21(23)28)8-7-17-5-3-2-4-6-17/h2-6,9-10,13-14,16H,11-12,15H2,1H3. The highest BCUT2D eigenvalue weighted by atomic mass is 19.1. The Bertz CT molecular complexity index is 1420. The Labute approximate surface area is 205 Å². The number of benzene rings is 2. The highest BCUT2D eigenvalue weighted by Crippen LogP contribution is 2.37. The monoisotopic (exact) mass is 487 g/mol. The lowest BCUT2D eigenvalue weighted by Crippen LogP contribution is -2.73. The summed E-state index contributed by atoms with van der Waals surface area (Å²) in [6.45, 7) is 1.64. The Balaban J connectivity index is 1.45. The minimum atomic E-state index is -1.51. The van der Waals surface area contributed by atoms with Gasteiger partial charge in [0.2, 0.25) is 5.91 Å². The van der Waals surface area contributed by atoms with Crippen molar-refractivity contribution >= 4 is 29.2 Å². The minimum Gasteiger partial charge on any atom is -0.307 e. The van der Waals surface area contributed by atoms with Crippen LogP contribution in [0.15, 0.2) is 60.9 Å². The van der Waals surface area contributed by atoms with Crippen LogP contribution in [0.2, 0.25) is 0 Å². The molecule has 3 heterocycles. The van der Waals surface area contributed by atoms with Crippen molar-refractivity contribution in [3.8, 4) is 11.8 Å². The third-order valence-electron chi connectivity index (χ3n) is 6.26. The van der Waals surface area contributed by atoms with Crippen LogP contribution in [0.3, 0.4) is 0 Å². The van der Waals surface area contributed by atoms with Crippen LogP contribution < -0.4 is 9.80 Å². The van der Waals surface area contributed by atoms with E-state index in [4.69, 9.17) is 0 Å². The number of hydrogen-bond acceptors (Lipinski definition) is 5. The Morgan fingerprint density at radius 1 is 0.917 bits per heavy atom. The number of amides is 4. The van der Waals surface area contributed by atoms with Gasteiger partial charge in [-0.05, 0) is 37.3 Å². The maximum atomic E-state index is 15.1. The Hall–Kier alpha value is -4.65. The molecule has 4 amide bonds. The van der Waals surface area contributed by atoms with E-state index in [0.29, 0.717) is 16.2 Å². The fraction of sp³-hybridized carbons (Fsp3) is 0.192. The van der Waals surface area contributed by atoms with Crippen molar-refractivity contribution in [3.05, 3.63) is 83.7 Å². The number of hydrogen-bond donors (Lipinski definition) is 0. The van der Waals surface area contributed by atoms with Gasteiger partial charge in [-0.15, -0.1) is 0 Å². The van der Waals surface area contributed by atoms with E-state index in [1.165, 1.54) is 29.1 Å². The summed E-state index contributed by atoms with van der Waals surface area (Å²) in [5.41, 5.74) is -1.11. The maximum absolute atomic E-state index is 15.1. The number of carbonyl (C=O) groups is 3. The Morgan fingerprint density at radius 3 is 2.28 bits per heavy atom. The van der Waals surface area contributed by atoms with Crippen molar-refractivity contribution in [2.45, 2.75) is 18.9 Å². The number of imide groups is 1. The lowest BCUT2D eigenvalue weighted by molar-refractivity contribution is -0.137. The summed E-state index contributed by atoms with van der Waals surface area (Å²) >= 11 is 0. The van der Waals surface area contributed by atoms with Crippen molar-refractivity contribution in [2.75, 3.05) is 22.9 Å². The third-order valence-corrected chi connectivity index (χ3v) is 6.26. The van der Waals surface area contributed by atoms with E-state index in [-0.39, 0.29) is 18.7 Å². The van der Waals surface area contributed by atoms with E-state index in [1.54, 1.807) is 30.3 Å². The lowest BCUT2D eigenvalue weighted by atomic mass is 9.88. The van der Waals surface area contributed by atoms with Gasteiger partial charge in [-0.3, -0.25) is 9.59 Å². The molecule has 2 aliphatic rings. The maximum Gasteiger partial charge on any atom is 0.332 e. The van der Waals surface area contributed by atoms with Crippen molar-refractivity contribution < 1.29 is 23.2 Å². The van der Waals surface area contributed by atoms with E-state index in [9.17, 15) is 14.4 Å². The van der Waals surface area contributed by atoms with Gasteiger partial charge in [-0.1, -0.05) is 30.0 Å². The molecule has 0 aliphatic carbocycles. The summed E-state index contributed by atoms with van der Waals surface area (Å²) in [6.07, 6.45) is 2.39. The van der Waals surface area contributed by atoms with Crippen molar-refractivity contribution in [1.29, 1.82) is 0 Å². The lowest BCUT2D eigenvalue weighted by Gasteiger charge is -2.51. The summed E-state index contributed by atoms with van der Waals surface area (Å²) < 4.78 is 30.2. The first kappa shape index (κ1) is 23.1. The van der Waals surface area contributed by atoms with E-state index >= 15 is 8.78 Å². The van der Waals surface area contributed by atoms with Crippen LogP contribution in [-0.2, 0) is 9.59 Å². The molecule has 36 heavy (non-hydrogen) atoms. The van der Waals surface area contributed by atoms with Gasteiger partial charge in [0.05, 0.1) is 24.5 Å². The molecular formula is C26H19F2N5O3. The molecule has 1 unspecified atom stereocenters. The predicted molar refractivity (Wildman–Crippen MR) is 126 cm³/mol. The van der Waals surface area contributed by atoms with Gasteiger partial charge >= 0.3 is 6.03 Å². The van der Waals surface area contributed by atoms with Crippen LogP contribution in [0.1, 0.15) is 24.5 Å². The molecule has 180 valence electrons. The summed E-state index contributed by atoms with van der Waals surface area (Å²) in [7, 11) is 0. The number of anilines is 2. The average Bonchev–Trinajstić information content (AvgIpc) is 2.86. The van der Waals surface area contributed by atoms with Gasteiger partial charge in [0.15, 0.2) is 11.6 Å². The smallest absolute Gasteiger partial charge is 0.307 e. The van der Waals surface area contributed by atoms with E-state index in [0.717, 1.165) is 12.1 Å². The number of carbonyl (C=O) groups excluding carboxylic acids is 3. The molecule has 0 bridgehead atoms. The summed E-state index contributed by atoms with van der Waals surface area (Å²) in [5, 5.41) is 7.46. The number of piperazine rings is 1. The molecule has 2 aromatic carbocycles. The van der Waals surface area contributed by atoms with Crippen molar-refractivity contribution in [1.82, 2.24) is 15.1 Å². The largest absolute Gasteiger partial charge is 0.332 e. The number of nitrogens with zero attached hydrogens (tertiary/aromatic N) is 5. The molecule has 0 spiro atoms. The zero-order chi connectivity index (χ0) is 25.4. The first-order chi connectivity index (χ1) is 17.3. The number of halogens is 2. The predicted octanol–water partition coefficient (Wildman–Crippen LogP) is 3.12. The molecule has 0 N–H and O–H groups in total. The molecule has 0 saturated carbocycles. The molecule has 0 radical (unpaired) electrons. The van der Waals surface area contributed by atoms with Gasteiger partial charge in [-0.25, -0.2) is 18.5 Å². The Morgan fingerprint density at radius 2 is 1.61 bits per heavy atom. The van der Waals surface area contributed by atoms with Crippen molar-refractivity contribution in [3.63, 3.8) is 0 Å². The quantitative estimate of drug-likeness (QED) is 0.519.